The first-order chi connectivity index (χ1) is 7.61. The van der Waals surface area contributed by atoms with Crippen LogP contribution in [0, 0.1) is 5.92 Å². The third kappa shape index (κ3) is 2.95. The Bertz CT molecular complexity index is 232. The lowest BCUT2D eigenvalue weighted by Gasteiger charge is -2.40. The fourth-order valence-corrected chi connectivity index (χ4v) is 2.92. The molecule has 3 unspecified atom stereocenters. The van der Waals surface area contributed by atoms with Crippen molar-refractivity contribution in [2.75, 3.05) is 13.6 Å². The Morgan fingerprint density at radius 1 is 1.44 bits per heavy atom. The Morgan fingerprint density at radius 3 is 2.56 bits per heavy atom. The molecular formula is C12H25N3O. The van der Waals surface area contributed by atoms with Crippen LogP contribution in [0.15, 0.2) is 0 Å². The predicted octanol–water partition coefficient (Wildman–Crippen LogP) is 0.700. The van der Waals surface area contributed by atoms with Crippen LogP contribution in [0.3, 0.4) is 0 Å². The first kappa shape index (κ1) is 13.5. The molecule has 3 atom stereocenters. The minimum Gasteiger partial charge on any atom is -0.368 e. The highest BCUT2D eigenvalue weighted by Crippen LogP contribution is 2.28. The van der Waals surface area contributed by atoms with Gasteiger partial charge in [0.15, 0.2) is 0 Å². The van der Waals surface area contributed by atoms with Gasteiger partial charge in [0.1, 0.15) is 0 Å². The second-order valence-electron chi connectivity index (χ2n) is 4.84. The van der Waals surface area contributed by atoms with Gasteiger partial charge in [0.05, 0.1) is 6.04 Å². The molecule has 4 N–H and O–H groups in total. The van der Waals surface area contributed by atoms with Crippen molar-refractivity contribution >= 4 is 5.91 Å². The van der Waals surface area contributed by atoms with Crippen molar-refractivity contribution in [1.82, 2.24) is 4.90 Å². The first-order valence-electron chi connectivity index (χ1n) is 6.33. The van der Waals surface area contributed by atoms with E-state index in [2.05, 4.69) is 4.90 Å². The molecule has 0 aromatic heterocycles. The third-order valence-electron chi connectivity index (χ3n) is 3.90. The minimum atomic E-state index is -0.216. The van der Waals surface area contributed by atoms with E-state index in [0.717, 1.165) is 12.8 Å². The molecule has 4 heteroatoms. The van der Waals surface area contributed by atoms with Gasteiger partial charge < -0.3 is 11.5 Å². The largest absolute Gasteiger partial charge is 0.368 e. The summed E-state index contributed by atoms with van der Waals surface area (Å²) in [6, 6.07) is 0.286. The van der Waals surface area contributed by atoms with Crippen LogP contribution in [0.2, 0.25) is 0 Å². The normalized spacial score (nSPS) is 28.0. The number of primary amides is 1. The SMILES string of the molecule is CCC(C(N)=O)N(C)C1CCCCC1CN. The van der Waals surface area contributed by atoms with Crippen molar-refractivity contribution < 1.29 is 4.79 Å². The maximum Gasteiger partial charge on any atom is 0.234 e. The summed E-state index contributed by atoms with van der Waals surface area (Å²) in [6.45, 7) is 2.72. The number of rotatable bonds is 5. The number of likely N-dealkylation sites (N-methyl/N-ethyl adjacent to an activating group) is 1. The highest BCUT2D eigenvalue weighted by atomic mass is 16.1. The average molecular weight is 227 g/mol. The Kier molecular flexibility index (Phi) is 5.22. The molecule has 0 aromatic carbocycles. The Hall–Kier alpha value is -0.610. The van der Waals surface area contributed by atoms with Crippen molar-refractivity contribution in [3.05, 3.63) is 0 Å². The topological polar surface area (TPSA) is 72.4 Å². The summed E-state index contributed by atoms with van der Waals surface area (Å²) in [5.74, 6) is 0.304. The second kappa shape index (κ2) is 6.21. The lowest BCUT2D eigenvalue weighted by Crippen LogP contribution is -2.52. The molecule has 1 aliphatic rings. The van der Waals surface area contributed by atoms with Crippen molar-refractivity contribution in [3.8, 4) is 0 Å². The number of amides is 1. The zero-order valence-corrected chi connectivity index (χ0v) is 10.5. The molecule has 0 aromatic rings. The molecular weight excluding hydrogens is 202 g/mol. The molecule has 0 bridgehead atoms. The standard InChI is InChI=1S/C12H25N3O/c1-3-10(12(14)16)15(2)11-7-5-4-6-9(11)8-13/h9-11H,3-8,13H2,1-2H3,(H2,14,16). The van der Waals surface area contributed by atoms with E-state index < -0.39 is 0 Å². The van der Waals surface area contributed by atoms with E-state index in [4.69, 9.17) is 11.5 Å². The molecule has 1 fully saturated rings. The van der Waals surface area contributed by atoms with Gasteiger partial charge in [-0.05, 0) is 38.8 Å². The van der Waals surface area contributed by atoms with Crippen LogP contribution in [0.25, 0.3) is 0 Å². The highest BCUT2D eigenvalue weighted by Gasteiger charge is 2.32. The van der Waals surface area contributed by atoms with Gasteiger partial charge in [0.2, 0.25) is 5.91 Å². The van der Waals surface area contributed by atoms with Gasteiger partial charge in [0.25, 0.3) is 0 Å². The fourth-order valence-electron chi connectivity index (χ4n) is 2.92. The van der Waals surface area contributed by atoms with Gasteiger partial charge in [-0.2, -0.15) is 0 Å². The summed E-state index contributed by atoms with van der Waals surface area (Å²) in [7, 11) is 2.01. The number of carbonyl (C=O) groups is 1. The summed E-state index contributed by atoms with van der Waals surface area (Å²) in [4.78, 5) is 13.5. The van der Waals surface area contributed by atoms with Crippen molar-refractivity contribution in [3.63, 3.8) is 0 Å². The van der Waals surface area contributed by atoms with Gasteiger partial charge in [-0.3, -0.25) is 9.69 Å². The summed E-state index contributed by atoms with van der Waals surface area (Å²) in [5.41, 5.74) is 11.2. The molecule has 94 valence electrons. The van der Waals surface area contributed by atoms with Gasteiger partial charge in [-0.1, -0.05) is 19.8 Å². The highest BCUT2D eigenvalue weighted by molar-refractivity contribution is 5.79. The van der Waals surface area contributed by atoms with Crippen molar-refractivity contribution in [2.24, 2.45) is 17.4 Å². The van der Waals surface area contributed by atoms with E-state index in [1.165, 1.54) is 19.3 Å². The summed E-state index contributed by atoms with van der Waals surface area (Å²) < 4.78 is 0. The van der Waals surface area contributed by atoms with Crippen LogP contribution < -0.4 is 11.5 Å². The number of carbonyl (C=O) groups excluding carboxylic acids is 1. The smallest absolute Gasteiger partial charge is 0.234 e. The molecule has 0 spiro atoms. The Balaban J connectivity index is 2.68. The molecule has 1 rings (SSSR count). The number of hydrogen-bond donors (Lipinski definition) is 2. The predicted molar refractivity (Wildman–Crippen MR) is 65.8 cm³/mol. The second-order valence-corrected chi connectivity index (χ2v) is 4.84. The van der Waals surface area contributed by atoms with Crippen LogP contribution in [0.4, 0.5) is 0 Å². The average Bonchev–Trinajstić information content (AvgIpc) is 2.29. The van der Waals surface area contributed by atoms with Crippen LogP contribution >= 0.6 is 0 Å². The quantitative estimate of drug-likeness (QED) is 0.726. The third-order valence-corrected chi connectivity index (χ3v) is 3.90. The summed E-state index contributed by atoms with van der Waals surface area (Å²) >= 11 is 0. The van der Waals surface area contributed by atoms with Crippen LogP contribution in [-0.4, -0.2) is 36.5 Å². The number of hydrogen-bond acceptors (Lipinski definition) is 3. The van der Waals surface area contributed by atoms with E-state index >= 15 is 0 Å². The lowest BCUT2D eigenvalue weighted by atomic mass is 9.83. The number of nitrogens with two attached hydrogens (primary N) is 2. The van der Waals surface area contributed by atoms with E-state index in [-0.39, 0.29) is 11.9 Å². The molecule has 1 aliphatic carbocycles. The van der Waals surface area contributed by atoms with Crippen LogP contribution in [-0.2, 0) is 4.79 Å². The van der Waals surface area contributed by atoms with Gasteiger partial charge in [-0.25, -0.2) is 0 Å². The zero-order valence-electron chi connectivity index (χ0n) is 10.5. The van der Waals surface area contributed by atoms with Gasteiger partial charge in [0, 0.05) is 6.04 Å². The van der Waals surface area contributed by atoms with Crippen molar-refractivity contribution in [2.45, 2.75) is 51.1 Å². The molecule has 0 aliphatic heterocycles. The molecule has 0 heterocycles. The maximum atomic E-state index is 11.4. The van der Waals surface area contributed by atoms with Crippen LogP contribution in [0.5, 0.6) is 0 Å². The summed E-state index contributed by atoms with van der Waals surface area (Å²) in [5, 5.41) is 0. The lowest BCUT2D eigenvalue weighted by molar-refractivity contribution is -0.124. The van der Waals surface area contributed by atoms with E-state index in [1.54, 1.807) is 0 Å². The van der Waals surface area contributed by atoms with Crippen LogP contribution in [0.1, 0.15) is 39.0 Å². The molecule has 1 amide bonds. The molecule has 4 nitrogen and oxygen atoms in total. The summed E-state index contributed by atoms with van der Waals surface area (Å²) in [6.07, 6.45) is 5.60. The molecule has 16 heavy (non-hydrogen) atoms. The molecule has 1 saturated carbocycles. The van der Waals surface area contributed by atoms with E-state index in [1.807, 2.05) is 14.0 Å². The molecule has 0 saturated heterocycles. The number of nitrogens with zero attached hydrogens (tertiary/aromatic N) is 1. The maximum absolute atomic E-state index is 11.4. The fraction of sp³-hybridized carbons (Fsp3) is 0.917. The molecule has 0 radical (unpaired) electrons. The van der Waals surface area contributed by atoms with E-state index in [9.17, 15) is 4.79 Å². The first-order valence-corrected chi connectivity index (χ1v) is 6.33. The Morgan fingerprint density at radius 2 is 2.06 bits per heavy atom. The van der Waals surface area contributed by atoms with Crippen molar-refractivity contribution in [1.29, 1.82) is 0 Å². The zero-order chi connectivity index (χ0) is 12.1. The monoisotopic (exact) mass is 227 g/mol. The van der Waals surface area contributed by atoms with E-state index in [0.29, 0.717) is 18.5 Å². The Labute approximate surface area is 98.3 Å². The minimum absolute atomic E-state index is 0.142. The van der Waals surface area contributed by atoms with Gasteiger partial charge in [-0.15, -0.1) is 0 Å². The van der Waals surface area contributed by atoms with Gasteiger partial charge >= 0.3 is 0 Å².